The molecule has 3 N–H and O–H groups in total. The van der Waals surface area contributed by atoms with Crippen molar-refractivity contribution >= 4 is 58.9 Å². The highest BCUT2D eigenvalue weighted by Crippen LogP contribution is 2.33. The summed E-state index contributed by atoms with van der Waals surface area (Å²) in [6.45, 7) is 11.7. The third kappa shape index (κ3) is 8.21. The van der Waals surface area contributed by atoms with E-state index in [-0.39, 0.29) is 15.9 Å². The summed E-state index contributed by atoms with van der Waals surface area (Å²) in [6.07, 6.45) is 2.84. The van der Waals surface area contributed by atoms with Crippen LogP contribution < -0.4 is 15.1 Å². The van der Waals surface area contributed by atoms with Gasteiger partial charge < -0.3 is 34.7 Å². The molecule has 6 aromatic rings. The number of hydrogen-bond acceptors (Lipinski definition) is 9. The molecule has 0 aliphatic carbocycles. The van der Waals surface area contributed by atoms with Gasteiger partial charge in [-0.15, -0.1) is 0 Å². The third-order valence-corrected chi connectivity index (χ3v) is 13.3. The fourth-order valence-electron chi connectivity index (χ4n) is 6.85. The van der Waals surface area contributed by atoms with Gasteiger partial charge >= 0.3 is 6.09 Å². The van der Waals surface area contributed by atoms with Crippen LogP contribution in [-0.2, 0) is 24.4 Å². The van der Waals surface area contributed by atoms with E-state index in [1.54, 1.807) is 71.9 Å². The molecule has 0 saturated carbocycles. The Morgan fingerprint density at radius 2 is 1.04 bits per heavy atom. The number of anilines is 2. The summed E-state index contributed by atoms with van der Waals surface area (Å²) in [5.74, 6) is 0. The second-order valence-corrected chi connectivity index (χ2v) is 18.4. The number of sulfone groups is 2. The predicted molar refractivity (Wildman–Crippen MR) is 215 cm³/mol. The molecule has 4 aromatic carbocycles. The molecule has 2 saturated heterocycles. The first-order chi connectivity index (χ1) is 26.3. The Morgan fingerprint density at radius 3 is 1.47 bits per heavy atom. The topological polar surface area (TPSA) is 148 Å². The van der Waals surface area contributed by atoms with Crippen LogP contribution in [0.25, 0.3) is 21.8 Å². The summed E-state index contributed by atoms with van der Waals surface area (Å²) in [5.41, 5.74) is 3.08. The van der Waals surface area contributed by atoms with Gasteiger partial charge in [-0.2, -0.15) is 0 Å². The summed E-state index contributed by atoms with van der Waals surface area (Å²) in [5, 5.41) is 4.74. The van der Waals surface area contributed by atoms with Crippen LogP contribution >= 0.6 is 0 Å². The Morgan fingerprint density at radius 1 is 0.600 bits per heavy atom. The third-order valence-electron chi connectivity index (χ3n) is 9.72. The number of H-pyrrole nitrogens is 2. The van der Waals surface area contributed by atoms with Crippen molar-refractivity contribution in [1.29, 1.82) is 0 Å². The maximum atomic E-state index is 13.1. The minimum absolute atomic E-state index is 0.267. The number of aromatic amines is 2. The van der Waals surface area contributed by atoms with E-state index in [4.69, 9.17) is 4.74 Å². The first-order valence-corrected chi connectivity index (χ1v) is 21.3. The van der Waals surface area contributed by atoms with Crippen molar-refractivity contribution in [1.82, 2.24) is 20.2 Å². The van der Waals surface area contributed by atoms with Gasteiger partial charge in [-0.25, -0.2) is 21.6 Å². The number of aromatic nitrogens is 2. The van der Waals surface area contributed by atoms with E-state index in [1.165, 1.54) is 0 Å². The molecule has 2 aliphatic rings. The molecule has 2 aliphatic heterocycles. The molecular formula is C41H46N6O6S2. The number of ether oxygens (including phenoxy) is 1. The molecule has 1 amide bonds. The highest BCUT2D eigenvalue weighted by atomic mass is 32.2. The number of amides is 1. The summed E-state index contributed by atoms with van der Waals surface area (Å²) in [4.78, 5) is 25.8. The second-order valence-electron chi connectivity index (χ2n) is 14.6. The highest BCUT2D eigenvalue weighted by Gasteiger charge is 2.27. The number of nitrogens with one attached hydrogen (secondary N) is 3. The SMILES string of the molecule is CC(C)(C)OC(=O)N1CCN(c2ccc3[nH]cc(S(=O)(=O)c4ccccc4)c3c2)CC1.O=S(=O)(c1ccccc1)c1c[nH]c2ccc(N3CCNCC3)cc12. The molecule has 0 radical (unpaired) electrons. The smallest absolute Gasteiger partial charge is 0.410 e. The molecule has 8 rings (SSSR count). The number of carbonyl (C=O) groups is 1. The van der Waals surface area contributed by atoms with E-state index in [9.17, 15) is 21.6 Å². The number of piperazine rings is 2. The first kappa shape index (κ1) is 38.0. The average molecular weight is 783 g/mol. The van der Waals surface area contributed by atoms with E-state index in [2.05, 4.69) is 25.1 Å². The number of fused-ring (bicyclic) bond motifs is 2. The van der Waals surface area contributed by atoms with Crippen LogP contribution in [0, 0.1) is 0 Å². The zero-order valence-electron chi connectivity index (χ0n) is 31.2. The minimum atomic E-state index is -3.63. The molecule has 4 heterocycles. The molecule has 12 nitrogen and oxygen atoms in total. The average Bonchev–Trinajstić information content (AvgIpc) is 3.84. The summed E-state index contributed by atoms with van der Waals surface area (Å²) >= 11 is 0. The number of nitrogens with zero attached hydrogens (tertiary/aromatic N) is 3. The van der Waals surface area contributed by atoms with Crippen LogP contribution in [0.15, 0.2) is 129 Å². The van der Waals surface area contributed by atoms with Crippen molar-refractivity contribution in [3.63, 3.8) is 0 Å². The van der Waals surface area contributed by atoms with E-state index in [0.717, 1.165) is 54.0 Å². The number of benzene rings is 4. The molecule has 0 unspecified atom stereocenters. The Balaban J connectivity index is 0.000000174. The standard InChI is InChI=1S/C23H27N3O4S.C18H19N3O2S/c1-23(2,3)30-22(27)26-13-11-25(12-14-26)17-9-10-20-19(15-17)21(16-24-20)31(28,29)18-7-5-4-6-8-18;22-24(23,15-4-2-1-3-5-15)18-13-20-17-7-6-14(12-16(17)18)21-10-8-19-9-11-21/h4-10,15-16,24H,11-14H2,1-3H3;1-7,12-13,19-20H,8-11H2. The normalized spacial score (nSPS) is 15.5. The Hall–Kier alpha value is -5.31. The van der Waals surface area contributed by atoms with Crippen LogP contribution in [0.4, 0.5) is 16.2 Å². The maximum Gasteiger partial charge on any atom is 0.410 e. The van der Waals surface area contributed by atoms with E-state index in [1.807, 2.05) is 63.2 Å². The lowest BCUT2D eigenvalue weighted by Gasteiger charge is -2.36. The number of carbonyl (C=O) groups excluding carboxylic acids is 1. The van der Waals surface area contributed by atoms with Gasteiger partial charge in [0.25, 0.3) is 0 Å². The quantitative estimate of drug-likeness (QED) is 0.173. The fourth-order valence-corrected chi connectivity index (χ4v) is 9.74. The molecule has 288 valence electrons. The molecule has 0 atom stereocenters. The van der Waals surface area contributed by atoms with Gasteiger partial charge in [0.1, 0.15) is 5.60 Å². The van der Waals surface area contributed by atoms with Crippen molar-refractivity contribution in [2.75, 3.05) is 62.2 Å². The zero-order valence-corrected chi connectivity index (χ0v) is 32.8. The van der Waals surface area contributed by atoms with Crippen molar-refractivity contribution in [2.45, 2.75) is 46.0 Å². The molecule has 0 spiro atoms. The van der Waals surface area contributed by atoms with Gasteiger partial charge in [0.2, 0.25) is 19.7 Å². The summed E-state index contributed by atoms with van der Waals surface area (Å²) in [6, 6.07) is 28.8. The Kier molecular flexibility index (Phi) is 10.7. The van der Waals surface area contributed by atoms with Crippen LogP contribution in [-0.4, -0.2) is 95.8 Å². The van der Waals surface area contributed by atoms with Gasteiger partial charge in [0.05, 0.1) is 19.6 Å². The van der Waals surface area contributed by atoms with Gasteiger partial charge in [0.15, 0.2) is 0 Å². The van der Waals surface area contributed by atoms with Gasteiger partial charge in [-0.3, -0.25) is 0 Å². The lowest BCUT2D eigenvalue weighted by atomic mass is 10.2. The minimum Gasteiger partial charge on any atom is -0.444 e. The highest BCUT2D eigenvalue weighted by molar-refractivity contribution is 7.92. The Bertz CT molecular complexity index is 2500. The molecule has 14 heteroatoms. The van der Waals surface area contributed by atoms with Crippen molar-refractivity contribution in [3.8, 4) is 0 Å². The maximum absolute atomic E-state index is 13.1. The summed E-state index contributed by atoms with van der Waals surface area (Å²) in [7, 11) is -7.16. The van der Waals surface area contributed by atoms with Crippen LogP contribution in [0.2, 0.25) is 0 Å². The van der Waals surface area contributed by atoms with Crippen molar-refractivity contribution in [2.24, 2.45) is 0 Å². The molecule has 0 bridgehead atoms. The molecule has 2 aromatic heterocycles. The van der Waals surface area contributed by atoms with Gasteiger partial charge in [-0.1, -0.05) is 36.4 Å². The van der Waals surface area contributed by atoms with Crippen LogP contribution in [0.1, 0.15) is 20.8 Å². The van der Waals surface area contributed by atoms with Gasteiger partial charge in [-0.05, 0) is 81.4 Å². The predicted octanol–water partition coefficient (Wildman–Crippen LogP) is 6.47. The molecule has 2 fully saturated rings. The molecular weight excluding hydrogens is 737 g/mol. The lowest BCUT2D eigenvalue weighted by Crippen LogP contribution is -2.50. The van der Waals surface area contributed by atoms with Gasteiger partial charge in [0, 0.05) is 97.9 Å². The van der Waals surface area contributed by atoms with E-state index in [0.29, 0.717) is 41.4 Å². The van der Waals surface area contributed by atoms with Crippen molar-refractivity contribution < 1.29 is 26.4 Å². The fraction of sp³-hybridized carbons (Fsp3) is 0.293. The van der Waals surface area contributed by atoms with Crippen molar-refractivity contribution in [3.05, 3.63) is 109 Å². The number of rotatable bonds is 6. The second kappa shape index (κ2) is 15.4. The monoisotopic (exact) mass is 782 g/mol. The van der Waals surface area contributed by atoms with Crippen LogP contribution in [0.5, 0.6) is 0 Å². The largest absolute Gasteiger partial charge is 0.444 e. The first-order valence-electron chi connectivity index (χ1n) is 18.3. The van der Waals surface area contributed by atoms with E-state index < -0.39 is 25.3 Å². The summed E-state index contributed by atoms with van der Waals surface area (Å²) < 4.78 is 57.6. The zero-order chi connectivity index (χ0) is 38.8. The number of hydrogen-bond donors (Lipinski definition) is 3. The van der Waals surface area contributed by atoms with E-state index >= 15 is 0 Å². The lowest BCUT2D eigenvalue weighted by molar-refractivity contribution is 0.0240. The van der Waals surface area contributed by atoms with Crippen LogP contribution in [0.3, 0.4) is 0 Å². The Labute approximate surface area is 321 Å². The molecule has 55 heavy (non-hydrogen) atoms.